The van der Waals surface area contributed by atoms with Crippen LogP contribution in [0.4, 0.5) is 5.69 Å². The molecule has 0 radical (unpaired) electrons. The molecule has 38 heavy (non-hydrogen) atoms. The first kappa shape index (κ1) is 25.7. The quantitative estimate of drug-likeness (QED) is 0.269. The fourth-order valence-corrected chi connectivity index (χ4v) is 5.51. The fourth-order valence-electron chi connectivity index (χ4n) is 4.31. The molecule has 1 N–H and O–H groups in total. The van der Waals surface area contributed by atoms with Crippen molar-refractivity contribution in [2.24, 2.45) is 0 Å². The van der Waals surface area contributed by atoms with Crippen LogP contribution in [0.3, 0.4) is 0 Å². The summed E-state index contributed by atoms with van der Waals surface area (Å²) in [6.45, 7) is 0. The van der Waals surface area contributed by atoms with Crippen LogP contribution in [-0.2, 0) is 26.1 Å². The third-order valence-corrected chi connectivity index (χ3v) is 7.12. The van der Waals surface area contributed by atoms with E-state index in [9.17, 15) is 25.9 Å². The second kappa shape index (κ2) is 9.72. The number of pyridine rings is 1. The monoisotopic (exact) mass is 554 g/mol. The highest BCUT2D eigenvalue weighted by molar-refractivity contribution is 7.85. The molecule has 1 aliphatic rings. The van der Waals surface area contributed by atoms with Gasteiger partial charge in [-0.05, 0) is 41.5 Å². The number of benzene rings is 3. The molecule has 0 amide bonds. The summed E-state index contributed by atoms with van der Waals surface area (Å²) in [4.78, 5) is 1.27. The summed E-state index contributed by atoms with van der Waals surface area (Å²) in [7, 11) is -7.71. The lowest BCUT2D eigenvalue weighted by Crippen LogP contribution is -2.42. The molecule has 0 aliphatic carbocycles. The maximum absolute atomic E-state index is 11.9. The van der Waals surface area contributed by atoms with E-state index in [1.54, 1.807) is 42.5 Å². The Bertz CT molecular complexity index is 1790. The summed E-state index contributed by atoms with van der Waals surface area (Å²) >= 11 is 0. The molecule has 0 atom stereocenters. The summed E-state index contributed by atoms with van der Waals surface area (Å²) in [5.41, 5.74) is 2.77. The maximum Gasteiger partial charge on any atom is 0.283 e. The van der Waals surface area contributed by atoms with E-state index < -0.39 is 32.0 Å². The first-order valence-electron chi connectivity index (χ1n) is 11.3. The molecule has 5 rings (SSSR count). The van der Waals surface area contributed by atoms with Crippen LogP contribution in [0.25, 0.3) is 28.1 Å². The van der Waals surface area contributed by atoms with Gasteiger partial charge in [0.1, 0.15) is 5.75 Å². The normalized spacial score (nSPS) is 14.5. The van der Waals surface area contributed by atoms with Gasteiger partial charge in [0, 0.05) is 12.1 Å². The average molecular weight is 555 g/mol. The molecule has 0 saturated carbocycles. The van der Waals surface area contributed by atoms with Crippen molar-refractivity contribution >= 4 is 42.9 Å². The first-order chi connectivity index (χ1) is 18.0. The van der Waals surface area contributed by atoms with Crippen LogP contribution in [0.1, 0.15) is 5.69 Å². The number of fused-ring (bicyclic) bond motifs is 2. The summed E-state index contributed by atoms with van der Waals surface area (Å²) in [6, 6.07) is 22.9. The minimum atomic E-state index is -4.71. The Morgan fingerprint density at radius 3 is 2.42 bits per heavy atom. The molecule has 2 heterocycles. The lowest BCUT2D eigenvalue weighted by molar-refractivity contribution is -0.653. The highest BCUT2D eigenvalue weighted by atomic mass is 32.2. The van der Waals surface area contributed by atoms with Gasteiger partial charge in [0.15, 0.2) is 21.7 Å². The zero-order valence-corrected chi connectivity index (χ0v) is 21.6. The number of ether oxygens (including phenoxy) is 2. The predicted molar refractivity (Wildman–Crippen MR) is 140 cm³/mol. The van der Waals surface area contributed by atoms with Crippen molar-refractivity contribution in [3.63, 3.8) is 0 Å². The summed E-state index contributed by atoms with van der Waals surface area (Å²) < 4.78 is 81.4. The maximum atomic E-state index is 11.9. The van der Waals surface area contributed by atoms with Gasteiger partial charge in [0.05, 0.1) is 24.3 Å². The van der Waals surface area contributed by atoms with Gasteiger partial charge in [0.2, 0.25) is 23.0 Å². The number of hydrogen-bond acceptors (Lipinski definition) is 8. The van der Waals surface area contributed by atoms with E-state index in [1.165, 1.54) is 22.7 Å². The third kappa shape index (κ3) is 5.48. The van der Waals surface area contributed by atoms with Gasteiger partial charge < -0.3 is 14.0 Å². The largest absolute Gasteiger partial charge is 0.743 e. The molecule has 0 saturated heterocycles. The summed E-state index contributed by atoms with van der Waals surface area (Å²) in [5, 5.41) is 0.619. The molecule has 3 aromatic carbocycles. The van der Waals surface area contributed by atoms with Crippen LogP contribution in [0.5, 0.6) is 11.5 Å². The number of methoxy groups -OCH3 is 1. The molecular weight excluding hydrogens is 532 g/mol. The van der Waals surface area contributed by atoms with Crippen molar-refractivity contribution in [1.29, 1.82) is 0 Å². The van der Waals surface area contributed by atoms with E-state index in [0.717, 1.165) is 11.1 Å². The van der Waals surface area contributed by atoms with E-state index in [0.29, 0.717) is 28.1 Å². The molecule has 4 aromatic rings. The number of aromatic nitrogens is 1. The summed E-state index contributed by atoms with van der Waals surface area (Å²) in [5.74, 6) is -0.780. The van der Waals surface area contributed by atoms with Gasteiger partial charge in [-0.25, -0.2) is 8.42 Å². The van der Waals surface area contributed by atoms with Gasteiger partial charge in [0.25, 0.3) is 10.1 Å². The Hall–Kier alpha value is -3.97. The van der Waals surface area contributed by atoms with Gasteiger partial charge in [-0.1, -0.05) is 36.4 Å². The molecule has 196 valence electrons. The van der Waals surface area contributed by atoms with Crippen LogP contribution in [0.2, 0.25) is 0 Å². The van der Waals surface area contributed by atoms with Crippen molar-refractivity contribution in [2.75, 3.05) is 17.9 Å². The molecule has 0 unspecified atom stereocenters. The molecule has 1 aliphatic heterocycles. The molecule has 12 heteroatoms. The first-order valence-corrected chi connectivity index (χ1v) is 14.5. The second-order valence-electron chi connectivity index (χ2n) is 8.57. The smallest absolute Gasteiger partial charge is 0.283 e. The summed E-state index contributed by atoms with van der Waals surface area (Å²) in [6.07, 6.45) is 1.42. The molecule has 0 fully saturated rings. The standard InChI is InChI=1S/C26H22N2O8S2/c1-35-22-10-11-23-20(13-22)7-9-21(27(23)16-37(29,30)31)15-26-28(17-38(32,33)34)24-14-19(8-12-25(24)36-26)18-5-3-2-4-6-18/h2-15H,16-17H2,1H3,(H-,29,30,31,32,33,34). The predicted octanol–water partition coefficient (Wildman–Crippen LogP) is 3.35. The van der Waals surface area contributed by atoms with Crippen molar-refractivity contribution in [2.45, 2.75) is 5.88 Å². The number of nitrogens with zero attached hydrogens (tertiary/aromatic N) is 2. The van der Waals surface area contributed by atoms with Crippen molar-refractivity contribution < 1.29 is 40.0 Å². The lowest BCUT2D eigenvalue weighted by atomic mass is 10.0. The van der Waals surface area contributed by atoms with E-state index in [1.807, 2.05) is 36.4 Å². The van der Waals surface area contributed by atoms with Crippen molar-refractivity contribution in [3.8, 4) is 22.6 Å². The number of hydrogen-bond donors (Lipinski definition) is 1. The Kier molecular flexibility index (Phi) is 6.57. The highest BCUT2D eigenvalue weighted by Gasteiger charge is 2.31. The Labute approximate surface area is 219 Å². The van der Waals surface area contributed by atoms with Crippen LogP contribution >= 0.6 is 0 Å². The van der Waals surface area contributed by atoms with E-state index in [4.69, 9.17) is 9.47 Å². The van der Waals surface area contributed by atoms with Crippen LogP contribution in [-0.4, -0.2) is 38.9 Å². The zero-order valence-electron chi connectivity index (χ0n) is 20.0. The van der Waals surface area contributed by atoms with E-state index in [2.05, 4.69) is 0 Å². The second-order valence-corrected chi connectivity index (χ2v) is 11.4. The van der Waals surface area contributed by atoms with Gasteiger partial charge in [-0.3, -0.25) is 9.45 Å². The Morgan fingerprint density at radius 2 is 1.74 bits per heavy atom. The number of rotatable bonds is 7. The van der Waals surface area contributed by atoms with Crippen LogP contribution in [0, 0.1) is 0 Å². The lowest BCUT2D eigenvalue weighted by Gasteiger charge is -2.17. The topological polar surface area (TPSA) is 137 Å². The molecule has 0 bridgehead atoms. The molecule has 1 aromatic heterocycles. The Balaban J connectivity index is 1.66. The van der Waals surface area contributed by atoms with Gasteiger partial charge in [-0.2, -0.15) is 13.0 Å². The minimum Gasteiger partial charge on any atom is -0.743 e. The minimum absolute atomic E-state index is 0.0211. The molecule has 0 spiro atoms. The van der Waals surface area contributed by atoms with E-state index >= 15 is 0 Å². The van der Waals surface area contributed by atoms with Gasteiger partial charge >= 0.3 is 0 Å². The third-order valence-electron chi connectivity index (χ3n) is 5.96. The number of anilines is 1. The van der Waals surface area contributed by atoms with Crippen LogP contribution < -0.4 is 18.9 Å². The van der Waals surface area contributed by atoms with Crippen LogP contribution in [0.15, 0.2) is 84.7 Å². The van der Waals surface area contributed by atoms with Crippen molar-refractivity contribution in [1.82, 2.24) is 0 Å². The highest BCUT2D eigenvalue weighted by Crippen LogP contribution is 2.42. The van der Waals surface area contributed by atoms with Gasteiger partial charge in [-0.15, -0.1) is 0 Å². The van der Waals surface area contributed by atoms with Crippen molar-refractivity contribution in [3.05, 3.63) is 90.4 Å². The van der Waals surface area contributed by atoms with E-state index in [-0.39, 0.29) is 11.6 Å². The average Bonchev–Trinajstić information content (AvgIpc) is 3.19. The molecular formula is C26H22N2O8S2. The fraction of sp³-hybridized carbons (Fsp3) is 0.115. The SMILES string of the molecule is COc1ccc2c(ccc(/C=C3\Oc4ccc(-c5ccccc5)cc4N3CS(=O)(=O)O)[n+]2CS(=O)(=O)[O-])c1. The Morgan fingerprint density at radius 1 is 0.974 bits per heavy atom. The molecule has 10 nitrogen and oxygen atoms in total. The zero-order chi connectivity index (χ0) is 27.1.